The van der Waals surface area contributed by atoms with Crippen molar-refractivity contribution in [2.45, 2.75) is 13.8 Å². The summed E-state index contributed by atoms with van der Waals surface area (Å²) in [5.74, 6) is -0.951. The van der Waals surface area contributed by atoms with E-state index >= 15 is 0 Å². The SMILES string of the molecule is Cc1c(N)ccc(Nc2ccccc2C(=O)O)c1C. The van der Waals surface area contributed by atoms with Crippen LogP contribution in [0.2, 0.25) is 0 Å². The zero-order valence-electron chi connectivity index (χ0n) is 10.9. The van der Waals surface area contributed by atoms with Gasteiger partial charge in [-0.25, -0.2) is 4.79 Å². The lowest BCUT2D eigenvalue weighted by Crippen LogP contribution is -2.04. The average Bonchev–Trinajstić information content (AvgIpc) is 2.40. The van der Waals surface area contributed by atoms with E-state index in [1.165, 1.54) is 0 Å². The first-order valence-corrected chi connectivity index (χ1v) is 5.95. The van der Waals surface area contributed by atoms with Gasteiger partial charge in [-0.1, -0.05) is 12.1 Å². The highest BCUT2D eigenvalue weighted by atomic mass is 16.4. The summed E-state index contributed by atoms with van der Waals surface area (Å²) in [5.41, 5.74) is 10.3. The van der Waals surface area contributed by atoms with Crippen molar-refractivity contribution in [2.24, 2.45) is 0 Å². The van der Waals surface area contributed by atoms with Crippen LogP contribution in [0, 0.1) is 13.8 Å². The van der Waals surface area contributed by atoms with Gasteiger partial charge in [0.05, 0.1) is 11.3 Å². The Morgan fingerprint density at radius 2 is 1.74 bits per heavy atom. The molecule has 4 N–H and O–H groups in total. The number of nitrogens with two attached hydrogens (primary N) is 1. The first-order chi connectivity index (χ1) is 9.00. The fourth-order valence-corrected chi connectivity index (χ4v) is 1.90. The third-order valence-corrected chi connectivity index (χ3v) is 3.26. The third kappa shape index (κ3) is 2.52. The van der Waals surface area contributed by atoms with Crippen molar-refractivity contribution in [3.63, 3.8) is 0 Å². The third-order valence-electron chi connectivity index (χ3n) is 3.26. The maximum atomic E-state index is 11.2. The van der Waals surface area contributed by atoms with Crippen molar-refractivity contribution in [3.8, 4) is 0 Å². The summed E-state index contributed by atoms with van der Waals surface area (Å²) in [5, 5.41) is 12.3. The second-order valence-corrected chi connectivity index (χ2v) is 4.43. The molecule has 0 saturated carbocycles. The molecule has 2 aromatic rings. The van der Waals surface area contributed by atoms with E-state index in [1.54, 1.807) is 24.3 Å². The van der Waals surface area contributed by atoms with E-state index in [-0.39, 0.29) is 5.56 Å². The van der Waals surface area contributed by atoms with Gasteiger partial charge >= 0.3 is 5.97 Å². The van der Waals surface area contributed by atoms with Crippen LogP contribution in [0.5, 0.6) is 0 Å². The number of para-hydroxylation sites is 1. The summed E-state index contributed by atoms with van der Waals surface area (Å²) >= 11 is 0. The first kappa shape index (κ1) is 13.0. The van der Waals surface area contributed by atoms with Gasteiger partial charge in [0.2, 0.25) is 0 Å². The van der Waals surface area contributed by atoms with Gasteiger partial charge in [-0.15, -0.1) is 0 Å². The second-order valence-electron chi connectivity index (χ2n) is 4.43. The van der Waals surface area contributed by atoms with E-state index in [0.29, 0.717) is 5.69 Å². The normalized spacial score (nSPS) is 10.2. The fraction of sp³-hybridized carbons (Fsp3) is 0.133. The number of rotatable bonds is 3. The monoisotopic (exact) mass is 256 g/mol. The number of aromatic carboxylic acids is 1. The van der Waals surface area contributed by atoms with E-state index in [9.17, 15) is 4.79 Å². The molecule has 0 spiro atoms. The molecule has 0 unspecified atom stereocenters. The van der Waals surface area contributed by atoms with Crippen LogP contribution in [0.15, 0.2) is 36.4 Å². The zero-order chi connectivity index (χ0) is 14.0. The van der Waals surface area contributed by atoms with Crippen molar-refractivity contribution in [3.05, 3.63) is 53.1 Å². The number of nitrogens with one attached hydrogen (secondary N) is 1. The summed E-state index contributed by atoms with van der Waals surface area (Å²) in [6.45, 7) is 3.90. The smallest absolute Gasteiger partial charge is 0.337 e. The molecule has 19 heavy (non-hydrogen) atoms. The van der Waals surface area contributed by atoms with Crippen molar-refractivity contribution >= 4 is 23.0 Å². The predicted molar refractivity (Wildman–Crippen MR) is 77.0 cm³/mol. The Morgan fingerprint density at radius 3 is 2.42 bits per heavy atom. The molecule has 0 bridgehead atoms. The topological polar surface area (TPSA) is 75.3 Å². The van der Waals surface area contributed by atoms with Crippen LogP contribution < -0.4 is 11.1 Å². The second kappa shape index (κ2) is 5.02. The molecule has 0 aromatic heterocycles. The van der Waals surface area contributed by atoms with E-state index in [0.717, 1.165) is 22.5 Å². The van der Waals surface area contributed by atoms with Gasteiger partial charge in [-0.05, 0) is 49.2 Å². The first-order valence-electron chi connectivity index (χ1n) is 5.95. The molecule has 0 aliphatic carbocycles. The molecule has 2 rings (SSSR count). The van der Waals surface area contributed by atoms with Crippen molar-refractivity contribution in [1.82, 2.24) is 0 Å². The summed E-state index contributed by atoms with van der Waals surface area (Å²) in [7, 11) is 0. The van der Waals surface area contributed by atoms with Gasteiger partial charge in [0.1, 0.15) is 0 Å². The number of carbonyl (C=O) groups is 1. The van der Waals surface area contributed by atoms with Gasteiger partial charge in [0.15, 0.2) is 0 Å². The maximum absolute atomic E-state index is 11.2. The fourth-order valence-electron chi connectivity index (χ4n) is 1.90. The van der Waals surface area contributed by atoms with Gasteiger partial charge in [0, 0.05) is 11.4 Å². The quantitative estimate of drug-likeness (QED) is 0.736. The Morgan fingerprint density at radius 1 is 1.05 bits per heavy atom. The van der Waals surface area contributed by atoms with Crippen molar-refractivity contribution < 1.29 is 9.90 Å². The Bertz CT molecular complexity index is 636. The molecule has 0 aliphatic heterocycles. The van der Waals surface area contributed by atoms with Crippen LogP contribution in [0.1, 0.15) is 21.5 Å². The average molecular weight is 256 g/mol. The Kier molecular flexibility index (Phi) is 3.42. The summed E-state index contributed by atoms with van der Waals surface area (Å²) < 4.78 is 0. The van der Waals surface area contributed by atoms with Crippen molar-refractivity contribution in [2.75, 3.05) is 11.1 Å². The van der Waals surface area contributed by atoms with Gasteiger partial charge in [-0.3, -0.25) is 0 Å². The highest BCUT2D eigenvalue weighted by Gasteiger charge is 2.11. The zero-order valence-corrected chi connectivity index (χ0v) is 10.9. The highest BCUT2D eigenvalue weighted by Crippen LogP contribution is 2.28. The Labute approximate surface area is 111 Å². The number of benzene rings is 2. The van der Waals surface area contributed by atoms with E-state index in [4.69, 9.17) is 10.8 Å². The molecular weight excluding hydrogens is 240 g/mol. The van der Waals surface area contributed by atoms with Crippen LogP contribution in [0.25, 0.3) is 0 Å². The van der Waals surface area contributed by atoms with Crippen LogP contribution in [-0.2, 0) is 0 Å². The molecule has 0 aliphatic rings. The number of hydrogen-bond acceptors (Lipinski definition) is 3. The summed E-state index contributed by atoms with van der Waals surface area (Å²) in [6, 6.07) is 10.5. The molecule has 4 heteroatoms. The van der Waals surface area contributed by atoms with Crippen LogP contribution in [0.4, 0.5) is 17.1 Å². The number of anilines is 3. The van der Waals surface area contributed by atoms with Crippen LogP contribution in [0.3, 0.4) is 0 Å². The van der Waals surface area contributed by atoms with E-state index in [2.05, 4.69) is 5.32 Å². The number of hydrogen-bond donors (Lipinski definition) is 3. The molecule has 2 aromatic carbocycles. The minimum atomic E-state index is -0.951. The molecule has 98 valence electrons. The molecular formula is C15H16N2O2. The minimum Gasteiger partial charge on any atom is -0.478 e. The largest absolute Gasteiger partial charge is 0.478 e. The predicted octanol–water partition coefficient (Wildman–Crippen LogP) is 3.33. The number of carboxylic acids is 1. The van der Waals surface area contributed by atoms with Crippen LogP contribution >= 0.6 is 0 Å². The molecule has 0 fully saturated rings. The lowest BCUT2D eigenvalue weighted by molar-refractivity contribution is 0.0698. The Balaban J connectivity index is 2.42. The molecule has 4 nitrogen and oxygen atoms in total. The molecule has 0 heterocycles. The van der Waals surface area contributed by atoms with E-state index in [1.807, 2.05) is 26.0 Å². The van der Waals surface area contributed by atoms with Gasteiger partial charge in [-0.2, -0.15) is 0 Å². The lowest BCUT2D eigenvalue weighted by atomic mass is 10.1. The minimum absolute atomic E-state index is 0.247. The lowest BCUT2D eigenvalue weighted by Gasteiger charge is -2.14. The van der Waals surface area contributed by atoms with E-state index < -0.39 is 5.97 Å². The Hall–Kier alpha value is -2.49. The molecule has 0 amide bonds. The summed E-state index contributed by atoms with van der Waals surface area (Å²) in [6.07, 6.45) is 0. The maximum Gasteiger partial charge on any atom is 0.337 e. The molecule has 0 radical (unpaired) electrons. The highest BCUT2D eigenvalue weighted by molar-refractivity contribution is 5.95. The van der Waals surface area contributed by atoms with Crippen molar-refractivity contribution in [1.29, 1.82) is 0 Å². The summed E-state index contributed by atoms with van der Waals surface area (Å²) in [4.78, 5) is 11.2. The molecule has 0 atom stereocenters. The van der Waals surface area contributed by atoms with Crippen LogP contribution in [-0.4, -0.2) is 11.1 Å². The number of nitrogen functional groups attached to an aromatic ring is 1. The standard InChI is InChI=1S/C15H16N2O2/c1-9-10(2)13(8-7-12(9)16)17-14-6-4-3-5-11(14)15(18)19/h3-8,17H,16H2,1-2H3,(H,18,19). The van der Waals surface area contributed by atoms with Gasteiger partial charge < -0.3 is 16.2 Å². The molecule has 0 saturated heterocycles. The number of carboxylic acid groups (broad SMARTS) is 1. The van der Waals surface area contributed by atoms with Gasteiger partial charge in [0.25, 0.3) is 0 Å².